The van der Waals surface area contributed by atoms with Gasteiger partial charge in [-0.15, -0.1) is 0 Å². The number of Topliss-reactive ketones (excluding diaryl/α,β-unsaturated/α-hetero) is 1. The van der Waals surface area contributed by atoms with Crippen LogP contribution in [0.3, 0.4) is 0 Å². The number of ketones is 1. The summed E-state index contributed by atoms with van der Waals surface area (Å²) in [6.45, 7) is 4.62. The largest absolute Gasteiger partial charge is 0.320 e. The Kier molecular flexibility index (Phi) is 5.09. The standard InChI is InChI=1S/C9H20N2O/c1-4-9(2,10)8(12)6-5-7-11-3/h11H,4-7,10H2,1-3H3. The molecule has 0 aromatic heterocycles. The third kappa shape index (κ3) is 3.83. The summed E-state index contributed by atoms with van der Waals surface area (Å²) in [5.41, 5.74) is 5.15. The van der Waals surface area contributed by atoms with Crippen LogP contribution in [0.25, 0.3) is 0 Å². The van der Waals surface area contributed by atoms with E-state index in [1.54, 1.807) is 6.92 Å². The van der Waals surface area contributed by atoms with Crippen LogP contribution in [0.1, 0.15) is 33.1 Å². The fourth-order valence-electron chi connectivity index (χ4n) is 0.908. The number of nitrogens with two attached hydrogens (primary N) is 1. The Morgan fingerprint density at radius 3 is 2.58 bits per heavy atom. The van der Waals surface area contributed by atoms with E-state index in [1.807, 2.05) is 14.0 Å². The molecule has 12 heavy (non-hydrogen) atoms. The molecule has 0 aliphatic rings. The van der Waals surface area contributed by atoms with Gasteiger partial charge in [-0.1, -0.05) is 6.92 Å². The Hall–Kier alpha value is -0.410. The fourth-order valence-corrected chi connectivity index (χ4v) is 0.908. The lowest BCUT2D eigenvalue weighted by Crippen LogP contribution is -2.44. The first-order valence-corrected chi connectivity index (χ1v) is 4.51. The summed E-state index contributed by atoms with van der Waals surface area (Å²) in [6, 6.07) is 0. The summed E-state index contributed by atoms with van der Waals surface area (Å²) in [7, 11) is 1.88. The van der Waals surface area contributed by atoms with E-state index in [-0.39, 0.29) is 5.78 Å². The summed E-state index contributed by atoms with van der Waals surface area (Å²) in [5.74, 6) is 0.167. The van der Waals surface area contributed by atoms with Crippen molar-refractivity contribution in [3.8, 4) is 0 Å². The molecule has 3 N–H and O–H groups in total. The average Bonchev–Trinajstić information content (AvgIpc) is 2.05. The minimum Gasteiger partial charge on any atom is -0.320 e. The molecule has 0 fully saturated rings. The molecular formula is C9H20N2O. The van der Waals surface area contributed by atoms with Crippen LogP contribution < -0.4 is 11.1 Å². The van der Waals surface area contributed by atoms with Crippen molar-refractivity contribution in [2.45, 2.75) is 38.6 Å². The zero-order valence-corrected chi connectivity index (χ0v) is 8.31. The van der Waals surface area contributed by atoms with Crippen molar-refractivity contribution in [3.05, 3.63) is 0 Å². The molecule has 0 radical (unpaired) electrons. The summed E-state index contributed by atoms with van der Waals surface area (Å²) in [5, 5.41) is 3.00. The number of nitrogens with one attached hydrogen (secondary N) is 1. The van der Waals surface area contributed by atoms with Gasteiger partial charge in [0.2, 0.25) is 0 Å². The Morgan fingerprint density at radius 2 is 2.17 bits per heavy atom. The van der Waals surface area contributed by atoms with E-state index >= 15 is 0 Å². The van der Waals surface area contributed by atoms with Gasteiger partial charge in [0.05, 0.1) is 5.54 Å². The molecule has 0 aromatic rings. The fraction of sp³-hybridized carbons (Fsp3) is 0.889. The SMILES string of the molecule is CCC(C)(N)C(=O)CCCNC. The Labute approximate surface area is 74.7 Å². The van der Waals surface area contributed by atoms with E-state index in [9.17, 15) is 4.79 Å². The molecule has 0 amide bonds. The van der Waals surface area contributed by atoms with Gasteiger partial charge in [0.25, 0.3) is 0 Å². The molecule has 0 rings (SSSR count). The topological polar surface area (TPSA) is 55.1 Å². The van der Waals surface area contributed by atoms with Gasteiger partial charge in [-0.25, -0.2) is 0 Å². The highest BCUT2D eigenvalue weighted by atomic mass is 16.1. The molecule has 1 unspecified atom stereocenters. The van der Waals surface area contributed by atoms with E-state index in [0.717, 1.165) is 13.0 Å². The summed E-state index contributed by atoms with van der Waals surface area (Å²) in [6.07, 6.45) is 2.18. The lowest BCUT2D eigenvalue weighted by molar-refractivity contribution is -0.123. The number of hydrogen-bond donors (Lipinski definition) is 2. The van der Waals surface area contributed by atoms with Gasteiger partial charge in [-0.05, 0) is 33.4 Å². The van der Waals surface area contributed by atoms with Crippen molar-refractivity contribution in [1.82, 2.24) is 5.32 Å². The van der Waals surface area contributed by atoms with Crippen LogP contribution in [-0.2, 0) is 4.79 Å². The van der Waals surface area contributed by atoms with Gasteiger partial charge < -0.3 is 11.1 Å². The first kappa shape index (κ1) is 11.6. The van der Waals surface area contributed by atoms with Crippen molar-refractivity contribution in [2.75, 3.05) is 13.6 Å². The highest BCUT2D eigenvalue weighted by Crippen LogP contribution is 2.09. The summed E-state index contributed by atoms with van der Waals surface area (Å²) >= 11 is 0. The predicted octanol–water partition coefficient (Wildman–Crippen LogP) is 0.683. The second-order valence-corrected chi connectivity index (χ2v) is 3.40. The molecule has 0 aliphatic carbocycles. The van der Waals surface area contributed by atoms with Crippen LogP contribution in [-0.4, -0.2) is 24.9 Å². The molecule has 72 valence electrons. The number of hydrogen-bond acceptors (Lipinski definition) is 3. The predicted molar refractivity (Wildman–Crippen MR) is 51.1 cm³/mol. The van der Waals surface area contributed by atoms with Crippen molar-refractivity contribution in [1.29, 1.82) is 0 Å². The molecule has 0 bridgehead atoms. The molecule has 0 spiro atoms. The normalized spacial score (nSPS) is 15.7. The van der Waals surface area contributed by atoms with Crippen molar-refractivity contribution >= 4 is 5.78 Å². The van der Waals surface area contributed by atoms with Crippen LogP contribution >= 0.6 is 0 Å². The average molecular weight is 172 g/mol. The Balaban J connectivity index is 3.72. The molecule has 1 atom stereocenters. The highest BCUT2D eigenvalue weighted by Gasteiger charge is 2.24. The maximum atomic E-state index is 11.4. The lowest BCUT2D eigenvalue weighted by atomic mass is 9.92. The minimum atomic E-state index is -0.617. The van der Waals surface area contributed by atoms with Gasteiger partial charge in [0.15, 0.2) is 5.78 Å². The Morgan fingerprint density at radius 1 is 1.58 bits per heavy atom. The molecular weight excluding hydrogens is 152 g/mol. The van der Waals surface area contributed by atoms with E-state index < -0.39 is 5.54 Å². The molecule has 0 aromatic carbocycles. The number of carbonyl (C=O) groups is 1. The van der Waals surface area contributed by atoms with Gasteiger partial charge in [-0.3, -0.25) is 4.79 Å². The quantitative estimate of drug-likeness (QED) is 0.579. The molecule has 0 saturated heterocycles. The molecule has 0 aliphatic heterocycles. The lowest BCUT2D eigenvalue weighted by Gasteiger charge is -2.20. The maximum absolute atomic E-state index is 11.4. The van der Waals surface area contributed by atoms with Gasteiger partial charge in [0.1, 0.15) is 0 Å². The third-order valence-corrected chi connectivity index (χ3v) is 2.20. The van der Waals surface area contributed by atoms with E-state index in [0.29, 0.717) is 12.8 Å². The Bertz CT molecular complexity index is 143. The molecule has 0 saturated carbocycles. The minimum absolute atomic E-state index is 0.167. The maximum Gasteiger partial charge on any atom is 0.152 e. The second-order valence-electron chi connectivity index (χ2n) is 3.40. The number of carbonyl (C=O) groups excluding carboxylic acids is 1. The monoisotopic (exact) mass is 172 g/mol. The molecule has 3 heteroatoms. The third-order valence-electron chi connectivity index (χ3n) is 2.20. The van der Waals surface area contributed by atoms with Crippen molar-refractivity contribution in [3.63, 3.8) is 0 Å². The van der Waals surface area contributed by atoms with Crippen LogP contribution in [0.15, 0.2) is 0 Å². The van der Waals surface area contributed by atoms with Crippen molar-refractivity contribution in [2.24, 2.45) is 5.73 Å². The van der Waals surface area contributed by atoms with Crippen LogP contribution in [0.5, 0.6) is 0 Å². The highest BCUT2D eigenvalue weighted by molar-refractivity contribution is 5.87. The second kappa shape index (κ2) is 5.27. The smallest absolute Gasteiger partial charge is 0.152 e. The van der Waals surface area contributed by atoms with E-state index in [1.165, 1.54) is 0 Å². The molecule has 0 heterocycles. The van der Waals surface area contributed by atoms with Crippen LogP contribution in [0.2, 0.25) is 0 Å². The van der Waals surface area contributed by atoms with E-state index in [2.05, 4.69) is 5.32 Å². The van der Waals surface area contributed by atoms with Crippen LogP contribution in [0, 0.1) is 0 Å². The van der Waals surface area contributed by atoms with Gasteiger partial charge >= 0.3 is 0 Å². The first-order chi connectivity index (χ1) is 5.54. The zero-order chi connectivity index (χ0) is 9.61. The summed E-state index contributed by atoms with van der Waals surface area (Å²) < 4.78 is 0. The zero-order valence-electron chi connectivity index (χ0n) is 8.31. The van der Waals surface area contributed by atoms with Gasteiger partial charge in [0, 0.05) is 6.42 Å². The number of rotatable bonds is 6. The van der Waals surface area contributed by atoms with Crippen molar-refractivity contribution < 1.29 is 4.79 Å². The summed E-state index contributed by atoms with van der Waals surface area (Å²) in [4.78, 5) is 11.4. The first-order valence-electron chi connectivity index (χ1n) is 4.51. The molecule has 3 nitrogen and oxygen atoms in total. The van der Waals surface area contributed by atoms with E-state index in [4.69, 9.17) is 5.73 Å². The van der Waals surface area contributed by atoms with Gasteiger partial charge in [-0.2, -0.15) is 0 Å². The van der Waals surface area contributed by atoms with Crippen LogP contribution in [0.4, 0.5) is 0 Å².